The van der Waals surface area contributed by atoms with E-state index < -0.39 is 0 Å². The number of nitrogens with one attached hydrogen (secondary N) is 2. The molecule has 0 aliphatic carbocycles. The topological polar surface area (TPSA) is 126 Å². The monoisotopic (exact) mass is 485 g/mol. The van der Waals surface area contributed by atoms with Crippen molar-refractivity contribution in [3.8, 4) is 0 Å². The summed E-state index contributed by atoms with van der Waals surface area (Å²) >= 11 is 0. The van der Waals surface area contributed by atoms with Crippen LogP contribution in [-0.4, -0.2) is 71.8 Å². The number of imidazole rings is 2. The van der Waals surface area contributed by atoms with Crippen molar-refractivity contribution in [3.05, 3.63) is 59.0 Å². The lowest BCUT2D eigenvalue weighted by molar-refractivity contribution is 0.635. The highest BCUT2D eigenvalue weighted by atomic mass is 16.1. The average Bonchev–Trinajstić information content (AvgIpc) is 3.43. The summed E-state index contributed by atoms with van der Waals surface area (Å²) in [5.74, 6) is 2.34. The van der Waals surface area contributed by atoms with Crippen molar-refractivity contribution >= 4 is 39.9 Å². The van der Waals surface area contributed by atoms with Gasteiger partial charge in [0.25, 0.3) is 0 Å². The minimum Gasteiger partial charge on any atom is -0.366 e. The van der Waals surface area contributed by atoms with E-state index in [0.717, 1.165) is 43.0 Å². The molecule has 1 saturated heterocycles. The highest BCUT2D eigenvalue weighted by Gasteiger charge is 2.22. The van der Waals surface area contributed by atoms with Crippen LogP contribution < -0.4 is 20.8 Å². The second kappa shape index (κ2) is 8.95. The quantitative estimate of drug-likeness (QED) is 0.368. The third-order valence-electron chi connectivity index (χ3n) is 6.50. The Kier molecular flexibility index (Phi) is 5.47. The number of piperazine rings is 1. The number of hydrogen-bond acceptors (Lipinski definition) is 9. The molecule has 1 aliphatic heterocycles. The normalized spacial score (nSPS) is 14.2. The second-order valence-corrected chi connectivity index (χ2v) is 8.95. The molecule has 0 unspecified atom stereocenters. The van der Waals surface area contributed by atoms with E-state index in [9.17, 15) is 4.79 Å². The van der Waals surface area contributed by atoms with Crippen LogP contribution in [-0.2, 0) is 13.6 Å². The lowest BCUT2D eigenvalue weighted by Crippen LogP contribution is -2.47. The maximum atomic E-state index is 12.4. The summed E-state index contributed by atoms with van der Waals surface area (Å²) in [6.45, 7) is 6.24. The predicted molar refractivity (Wildman–Crippen MR) is 139 cm³/mol. The molecule has 12 nitrogen and oxygen atoms in total. The molecule has 0 radical (unpaired) electrons. The maximum Gasteiger partial charge on any atom is 0.327 e. The molecule has 36 heavy (non-hydrogen) atoms. The molecule has 0 atom stereocenters. The van der Waals surface area contributed by atoms with Gasteiger partial charge in [-0.2, -0.15) is 9.97 Å². The van der Waals surface area contributed by atoms with Crippen molar-refractivity contribution in [3.63, 3.8) is 0 Å². The van der Waals surface area contributed by atoms with Crippen molar-refractivity contribution in [2.24, 2.45) is 7.05 Å². The molecule has 2 N–H and O–H groups in total. The van der Waals surface area contributed by atoms with Crippen molar-refractivity contribution in [1.29, 1.82) is 0 Å². The molecule has 184 valence electrons. The van der Waals surface area contributed by atoms with Crippen LogP contribution in [0, 0.1) is 6.92 Å². The molecule has 12 heteroatoms. The molecule has 0 spiro atoms. The summed E-state index contributed by atoms with van der Waals surface area (Å²) in [7, 11) is 1.92. The van der Waals surface area contributed by atoms with Gasteiger partial charge in [-0.05, 0) is 36.8 Å². The average molecular weight is 486 g/mol. The van der Waals surface area contributed by atoms with Crippen LogP contribution in [0.2, 0.25) is 0 Å². The van der Waals surface area contributed by atoms with E-state index >= 15 is 0 Å². The largest absolute Gasteiger partial charge is 0.366 e. The van der Waals surface area contributed by atoms with Crippen LogP contribution in [0.4, 0.5) is 17.6 Å². The molecular weight excluding hydrogens is 458 g/mol. The van der Waals surface area contributed by atoms with Gasteiger partial charge < -0.3 is 24.7 Å². The number of pyridine rings is 2. The van der Waals surface area contributed by atoms with Gasteiger partial charge in [0.2, 0.25) is 5.95 Å². The van der Waals surface area contributed by atoms with E-state index in [2.05, 4.69) is 48.0 Å². The first-order valence-corrected chi connectivity index (χ1v) is 12.0. The van der Waals surface area contributed by atoms with Crippen molar-refractivity contribution in [1.82, 2.24) is 39.0 Å². The van der Waals surface area contributed by atoms with Crippen LogP contribution in [0.15, 0.2) is 47.8 Å². The molecule has 1 fully saturated rings. The highest BCUT2D eigenvalue weighted by molar-refractivity contribution is 5.84. The predicted octanol–water partition coefficient (Wildman–Crippen LogP) is 1.54. The van der Waals surface area contributed by atoms with E-state index in [-0.39, 0.29) is 5.69 Å². The highest BCUT2D eigenvalue weighted by Crippen LogP contribution is 2.24. The van der Waals surface area contributed by atoms with Crippen LogP contribution in [0.25, 0.3) is 22.3 Å². The number of aromatic nitrogens is 8. The molecule has 6 rings (SSSR count). The standard InChI is InChI=1S/C24H27N11O/c1-16-5-7-25-18(14-16)33-10-12-34(13-11-33)23-30-20(19-21(31-23)28-15-32(19)2)26-8-9-35-22-17(29-24(35)36)4-3-6-27-22/h3-7,14-15H,8-13H2,1-2H3,(H,29,36)(H,26,30,31). The first-order chi connectivity index (χ1) is 17.6. The van der Waals surface area contributed by atoms with Crippen LogP contribution in [0.3, 0.4) is 0 Å². The fourth-order valence-corrected chi connectivity index (χ4v) is 4.62. The van der Waals surface area contributed by atoms with Crippen molar-refractivity contribution in [2.45, 2.75) is 13.5 Å². The fourth-order valence-electron chi connectivity index (χ4n) is 4.62. The zero-order valence-electron chi connectivity index (χ0n) is 20.2. The van der Waals surface area contributed by atoms with E-state index in [1.807, 2.05) is 29.9 Å². The zero-order chi connectivity index (χ0) is 24.6. The lowest BCUT2D eigenvalue weighted by atomic mass is 10.2. The summed E-state index contributed by atoms with van der Waals surface area (Å²) < 4.78 is 3.53. The molecular formula is C24H27N11O. The summed E-state index contributed by atoms with van der Waals surface area (Å²) in [5.41, 5.74) is 3.85. The Balaban J connectivity index is 1.21. The van der Waals surface area contributed by atoms with Gasteiger partial charge in [-0.3, -0.25) is 4.57 Å². The number of H-pyrrole nitrogens is 1. The van der Waals surface area contributed by atoms with Gasteiger partial charge >= 0.3 is 5.69 Å². The van der Waals surface area contributed by atoms with E-state index in [1.165, 1.54) is 5.56 Å². The Morgan fingerprint density at radius 3 is 2.69 bits per heavy atom. The van der Waals surface area contributed by atoms with Crippen LogP contribution in [0.5, 0.6) is 0 Å². The Hall–Kier alpha value is -4.48. The number of rotatable bonds is 6. The Morgan fingerprint density at radius 2 is 1.86 bits per heavy atom. The fraction of sp³-hybridized carbons (Fsp3) is 0.333. The molecule has 1 aliphatic rings. The first-order valence-electron chi connectivity index (χ1n) is 12.0. The second-order valence-electron chi connectivity index (χ2n) is 8.95. The number of nitrogens with zero attached hydrogens (tertiary/aromatic N) is 9. The van der Waals surface area contributed by atoms with Crippen LogP contribution in [0.1, 0.15) is 5.56 Å². The van der Waals surface area contributed by atoms with E-state index in [1.54, 1.807) is 23.2 Å². The number of hydrogen-bond donors (Lipinski definition) is 2. The number of aryl methyl sites for hydroxylation is 2. The molecule has 5 aromatic heterocycles. The molecule has 0 saturated carbocycles. The van der Waals surface area contributed by atoms with E-state index in [0.29, 0.717) is 36.2 Å². The minimum atomic E-state index is -0.180. The molecule has 0 amide bonds. The van der Waals surface area contributed by atoms with Gasteiger partial charge in [-0.15, -0.1) is 0 Å². The molecule has 0 bridgehead atoms. The minimum absolute atomic E-state index is 0.180. The zero-order valence-corrected chi connectivity index (χ0v) is 20.2. The molecule has 5 aromatic rings. The summed E-state index contributed by atoms with van der Waals surface area (Å²) in [6.07, 6.45) is 5.28. The van der Waals surface area contributed by atoms with Gasteiger partial charge in [0.05, 0.1) is 11.8 Å². The smallest absolute Gasteiger partial charge is 0.327 e. The van der Waals surface area contributed by atoms with Gasteiger partial charge in [0.15, 0.2) is 17.1 Å². The number of aromatic amines is 1. The van der Waals surface area contributed by atoms with Gasteiger partial charge in [-0.1, -0.05) is 0 Å². The number of fused-ring (bicyclic) bond motifs is 2. The Bertz CT molecular complexity index is 1590. The van der Waals surface area contributed by atoms with Crippen molar-refractivity contribution < 1.29 is 0 Å². The summed E-state index contributed by atoms with van der Waals surface area (Å²) in [5, 5.41) is 3.40. The molecule has 6 heterocycles. The Morgan fingerprint density at radius 1 is 1.03 bits per heavy atom. The SMILES string of the molecule is Cc1ccnc(N2CCN(c3nc(NCCn4c(=O)[nH]c5cccnc54)c4c(ncn4C)n3)CC2)c1. The maximum absolute atomic E-state index is 12.4. The Labute approximate surface area is 206 Å². The van der Waals surface area contributed by atoms with Gasteiger partial charge in [0, 0.05) is 58.7 Å². The van der Waals surface area contributed by atoms with Crippen LogP contribution >= 0.6 is 0 Å². The van der Waals surface area contributed by atoms with Gasteiger partial charge in [-0.25, -0.2) is 19.7 Å². The van der Waals surface area contributed by atoms with Gasteiger partial charge in [0.1, 0.15) is 11.3 Å². The summed E-state index contributed by atoms with van der Waals surface area (Å²) in [4.78, 5) is 42.7. The lowest BCUT2D eigenvalue weighted by Gasteiger charge is -2.35. The van der Waals surface area contributed by atoms with Crippen molar-refractivity contribution in [2.75, 3.05) is 47.8 Å². The van der Waals surface area contributed by atoms with E-state index in [4.69, 9.17) is 9.97 Å². The first kappa shape index (κ1) is 22.0. The number of anilines is 3. The molecule has 0 aromatic carbocycles. The third-order valence-corrected chi connectivity index (χ3v) is 6.50. The summed E-state index contributed by atoms with van der Waals surface area (Å²) in [6, 6.07) is 7.77. The third kappa shape index (κ3) is 4.00.